The lowest BCUT2D eigenvalue weighted by Gasteiger charge is -2.49. The molecule has 3 aromatic rings. The average molecular weight is 679 g/mol. The van der Waals surface area contributed by atoms with E-state index < -0.39 is 35.3 Å². The number of aromatic nitrogens is 1. The number of esters is 1. The number of fused-ring (bicyclic) bond motifs is 1. The number of anilines is 1. The number of thiazole rings is 1. The topological polar surface area (TPSA) is 132 Å². The Morgan fingerprint density at radius 3 is 2.40 bits per heavy atom. The number of allylic oxidation sites excluding steroid dienone is 1. The molecule has 3 aliphatic rings. The van der Waals surface area contributed by atoms with Gasteiger partial charge in [-0.05, 0) is 24.0 Å². The molecule has 0 saturated carbocycles. The third kappa shape index (κ3) is 6.57. The second kappa shape index (κ2) is 13.9. The maximum Gasteiger partial charge on any atom is 0.356 e. The molecule has 0 bridgehead atoms. The van der Waals surface area contributed by atoms with Crippen molar-refractivity contribution in [3.8, 4) is 0 Å². The number of carbonyl (C=O) groups excluding carboxylic acids is 4. The number of nitrogen functional groups attached to an aromatic ring is 1. The molecule has 45 heavy (non-hydrogen) atoms. The first-order valence-corrected chi connectivity index (χ1v) is 18.2. The maximum absolute atomic E-state index is 14.2. The van der Waals surface area contributed by atoms with Gasteiger partial charge in [0.25, 0.3) is 11.8 Å². The first-order valence-electron chi connectivity index (χ1n) is 14.4. The first kappa shape index (κ1) is 31.5. The van der Waals surface area contributed by atoms with Gasteiger partial charge >= 0.3 is 5.97 Å². The Kier molecular flexibility index (Phi) is 9.69. The number of amides is 2. The van der Waals surface area contributed by atoms with Crippen LogP contribution < -0.4 is 11.1 Å². The van der Waals surface area contributed by atoms with Crippen LogP contribution in [-0.2, 0) is 23.9 Å². The van der Waals surface area contributed by atoms with Crippen molar-refractivity contribution < 1.29 is 23.9 Å². The molecular formula is C32H30N4O5S4. The average Bonchev–Trinajstić information content (AvgIpc) is 3.68. The van der Waals surface area contributed by atoms with E-state index in [9.17, 15) is 19.2 Å². The summed E-state index contributed by atoms with van der Waals surface area (Å²) in [5.41, 5.74) is 8.31. The van der Waals surface area contributed by atoms with Gasteiger partial charge in [0.15, 0.2) is 11.2 Å². The fourth-order valence-electron chi connectivity index (χ4n) is 5.32. The number of thioether (sulfide) groups is 3. The van der Waals surface area contributed by atoms with Crippen LogP contribution in [0.25, 0.3) is 5.57 Å². The van der Waals surface area contributed by atoms with Crippen molar-refractivity contribution in [1.29, 1.82) is 0 Å². The van der Waals surface area contributed by atoms with Gasteiger partial charge in [0.1, 0.15) is 17.1 Å². The largest absolute Gasteiger partial charge is 0.448 e. The summed E-state index contributed by atoms with van der Waals surface area (Å²) < 4.78 is 6.21. The lowest BCUT2D eigenvalue weighted by atomic mass is 10.0. The molecule has 0 spiro atoms. The zero-order valence-corrected chi connectivity index (χ0v) is 27.5. The van der Waals surface area contributed by atoms with Crippen molar-refractivity contribution in [3.05, 3.63) is 99.5 Å². The van der Waals surface area contributed by atoms with Crippen LogP contribution in [0.5, 0.6) is 0 Å². The predicted octanol–water partition coefficient (Wildman–Crippen LogP) is 5.23. The predicted molar refractivity (Wildman–Crippen MR) is 181 cm³/mol. The summed E-state index contributed by atoms with van der Waals surface area (Å²) in [4.78, 5) is 60.2. The molecule has 13 heteroatoms. The number of rotatable bonds is 10. The third-order valence-electron chi connectivity index (χ3n) is 7.47. The van der Waals surface area contributed by atoms with Crippen molar-refractivity contribution in [2.24, 2.45) is 0 Å². The number of hydrogen-bond acceptors (Lipinski definition) is 11. The summed E-state index contributed by atoms with van der Waals surface area (Å²) in [5.74, 6) is -0.385. The number of β-lactam (4-membered cyclic amide) rings is 1. The molecule has 1 unspecified atom stereocenters. The molecule has 2 amide bonds. The van der Waals surface area contributed by atoms with Gasteiger partial charge in [0, 0.05) is 21.8 Å². The van der Waals surface area contributed by atoms with Crippen molar-refractivity contribution in [2.75, 3.05) is 17.2 Å². The van der Waals surface area contributed by atoms with Crippen molar-refractivity contribution in [1.82, 2.24) is 15.2 Å². The number of carbonyl (C=O) groups is 4. The number of nitrogens with one attached hydrogen (secondary N) is 1. The highest BCUT2D eigenvalue weighted by atomic mass is 32.2. The fraction of sp³-hybridized carbons (Fsp3) is 0.281. The summed E-state index contributed by atoms with van der Waals surface area (Å²) in [5, 5.41) is 4.17. The highest BCUT2D eigenvalue weighted by Crippen LogP contribution is 2.47. The lowest BCUT2D eigenvalue weighted by molar-refractivity contribution is -0.154. The zero-order chi connectivity index (χ0) is 31.5. The van der Waals surface area contributed by atoms with Crippen LogP contribution in [-0.4, -0.2) is 61.0 Å². The summed E-state index contributed by atoms with van der Waals surface area (Å²) in [6, 6.07) is 18.0. The van der Waals surface area contributed by atoms with Gasteiger partial charge in [-0.15, -0.1) is 34.9 Å². The molecule has 232 valence electrons. The minimum atomic E-state index is -0.851. The Labute approximate surface area is 277 Å². The molecule has 9 nitrogen and oxygen atoms in total. The minimum Gasteiger partial charge on any atom is -0.448 e. The second-order valence-electron chi connectivity index (χ2n) is 10.4. The van der Waals surface area contributed by atoms with Gasteiger partial charge in [-0.2, -0.15) is 0 Å². The number of hydrogen-bond donors (Lipinski definition) is 2. The van der Waals surface area contributed by atoms with E-state index in [-0.39, 0.29) is 16.1 Å². The van der Waals surface area contributed by atoms with Crippen molar-refractivity contribution in [2.45, 2.75) is 42.5 Å². The SMILES string of the molecule is CC/C=C(\C(=O)N[C@@H]1C(=O)N2C(C(=O)OC(c3ccccc3)c3ccccc3)=C(SC3CCSC3=O)CS[C@H]12)c1csc(N)n1. The second-order valence-corrected chi connectivity index (χ2v) is 14.8. The van der Waals surface area contributed by atoms with Gasteiger partial charge in [0.2, 0.25) is 5.12 Å². The molecule has 3 atom stereocenters. The van der Waals surface area contributed by atoms with Crippen LogP contribution in [0.15, 0.2) is 82.7 Å². The summed E-state index contributed by atoms with van der Waals surface area (Å²) >= 11 is 5.31. The fourth-order valence-corrected chi connectivity index (χ4v) is 9.88. The molecular weight excluding hydrogens is 649 g/mol. The number of nitrogens with zero attached hydrogens (tertiary/aromatic N) is 2. The van der Waals surface area contributed by atoms with Crippen LogP contribution >= 0.6 is 46.6 Å². The molecule has 2 fully saturated rings. The summed E-state index contributed by atoms with van der Waals surface area (Å²) in [7, 11) is 0. The van der Waals surface area contributed by atoms with Crippen LogP contribution in [0.1, 0.15) is 42.7 Å². The van der Waals surface area contributed by atoms with Crippen molar-refractivity contribution in [3.63, 3.8) is 0 Å². The molecule has 2 saturated heterocycles. The van der Waals surface area contributed by atoms with E-state index in [1.54, 1.807) is 11.5 Å². The quantitative estimate of drug-likeness (QED) is 0.167. The molecule has 0 aliphatic carbocycles. The smallest absolute Gasteiger partial charge is 0.356 e. The monoisotopic (exact) mass is 678 g/mol. The maximum atomic E-state index is 14.2. The van der Waals surface area contributed by atoms with Crippen LogP contribution in [0.3, 0.4) is 0 Å². The molecule has 1 aromatic heterocycles. The Bertz CT molecular complexity index is 1640. The molecule has 4 heterocycles. The molecule has 3 N–H and O–H groups in total. The Morgan fingerprint density at radius 2 is 1.82 bits per heavy atom. The highest BCUT2D eigenvalue weighted by Gasteiger charge is 2.55. The first-order chi connectivity index (χ1) is 21.9. The molecule has 2 aromatic carbocycles. The molecule has 0 radical (unpaired) electrons. The van der Waals surface area contributed by atoms with Gasteiger partial charge in [0.05, 0.1) is 16.5 Å². The highest BCUT2D eigenvalue weighted by molar-refractivity contribution is 8.17. The zero-order valence-electron chi connectivity index (χ0n) is 24.2. The van der Waals surface area contributed by atoms with E-state index in [0.29, 0.717) is 39.9 Å². The Morgan fingerprint density at radius 1 is 1.13 bits per heavy atom. The lowest BCUT2D eigenvalue weighted by Crippen LogP contribution is -2.70. The number of nitrogens with two attached hydrogens (primary N) is 1. The minimum absolute atomic E-state index is 0.0665. The molecule has 3 aliphatic heterocycles. The number of benzene rings is 2. The number of ether oxygens (including phenoxy) is 1. The van der Waals surface area contributed by atoms with Gasteiger partial charge < -0.3 is 15.8 Å². The van der Waals surface area contributed by atoms with E-state index in [2.05, 4.69) is 10.3 Å². The van der Waals surface area contributed by atoms with E-state index in [0.717, 1.165) is 16.9 Å². The van der Waals surface area contributed by atoms with Gasteiger partial charge in [-0.3, -0.25) is 19.3 Å². The van der Waals surface area contributed by atoms with Crippen molar-refractivity contribution >= 4 is 80.2 Å². The Balaban J connectivity index is 1.29. The normalized spacial score (nSPS) is 21.5. The Hall–Kier alpha value is -3.52. The summed E-state index contributed by atoms with van der Waals surface area (Å²) in [6.07, 6.45) is 2.31. The van der Waals surface area contributed by atoms with Crippen LogP contribution in [0.2, 0.25) is 0 Å². The van der Waals surface area contributed by atoms with Crippen LogP contribution in [0, 0.1) is 0 Å². The van der Waals surface area contributed by atoms with E-state index in [4.69, 9.17) is 10.5 Å². The third-order valence-corrected chi connectivity index (χ3v) is 12.1. The van der Waals surface area contributed by atoms with E-state index in [1.165, 1.54) is 51.5 Å². The van der Waals surface area contributed by atoms with Gasteiger partial charge in [-0.25, -0.2) is 9.78 Å². The van der Waals surface area contributed by atoms with Gasteiger partial charge in [-0.1, -0.05) is 85.4 Å². The van der Waals surface area contributed by atoms with E-state index >= 15 is 0 Å². The molecule has 6 rings (SSSR count). The summed E-state index contributed by atoms with van der Waals surface area (Å²) in [6.45, 7) is 1.91. The van der Waals surface area contributed by atoms with E-state index in [1.807, 2.05) is 67.6 Å². The van der Waals surface area contributed by atoms with Crippen LogP contribution in [0.4, 0.5) is 5.13 Å². The standard InChI is InChI=1S/C32H30N4O5S4/c1-2-9-20(21-16-44-32(33)34-21)27(37)35-24-28(38)36-25(23(17-43-29(24)36)45-22-14-15-42-31(22)40)30(39)41-26(18-10-5-3-6-11-18)19-12-7-4-8-13-19/h3-13,16,22,24,26,29H,2,14-15,17H2,1H3,(H2,33,34)(H,35,37)/b20-9-/t22?,24-,29-/m1/s1.